The molecule has 0 aromatic carbocycles. The minimum atomic E-state index is 0.503. The lowest BCUT2D eigenvalue weighted by Crippen LogP contribution is -2.25. The zero-order valence-corrected chi connectivity index (χ0v) is 7.71. The molecule has 1 aromatic rings. The number of imidazole rings is 1. The van der Waals surface area contributed by atoms with Crippen LogP contribution in [0.1, 0.15) is 31.4 Å². The number of nitrogen functional groups attached to an aromatic ring is 1. The van der Waals surface area contributed by atoms with E-state index < -0.39 is 0 Å². The largest absolute Gasteiger partial charge is 0.369 e. The summed E-state index contributed by atoms with van der Waals surface area (Å²) in [5.41, 5.74) is 6.54. The monoisotopic (exact) mass is 180 g/mol. The predicted molar refractivity (Wildman–Crippen MR) is 52.1 cm³/mol. The molecule has 1 aliphatic rings. The molecule has 13 heavy (non-hydrogen) atoms. The maximum atomic E-state index is 5.47. The maximum absolute atomic E-state index is 5.47. The summed E-state index contributed by atoms with van der Waals surface area (Å²) in [7, 11) is 0. The van der Waals surface area contributed by atoms with Crippen LogP contribution in [0.15, 0.2) is 6.20 Å². The van der Waals surface area contributed by atoms with E-state index in [1.807, 2.05) is 0 Å². The molecule has 1 aliphatic carbocycles. The molecule has 0 bridgehead atoms. The molecule has 0 radical (unpaired) electrons. The summed E-state index contributed by atoms with van der Waals surface area (Å²) in [5.74, 6) is 0.503. The summed E-state index contributed by atoms with van der Waals surface area (Å²) in [4.78, 5) is 6.95. The van der Waals surface area contributed by atoms with Crippen LogP contribution in [0.5, 0.6) is 0 Å². The van der Waals surface area contributed by atoms with Crippen LogP contribution in [0.25, 0.3) is 0 Å². The minimum Gasteiger partial charge on any atom is -0.369 e. The Bertz CT molecular complexity index is 262. The van der Waals surface area contributed by atoms with Gasteiger partial charge in [-0.25, -0.2) is 4.98 Å². The number of H-pyrrole nitrogens is 1. The minimum absolute atomic E-state index is 0.503. The summed E-state index contributed by atoms with van der Waals surface area (Å²) in [6, 6.07) is 0.699. The molecule has 2 rings (SSSR count). The molecule has 4 N–H and O–H groups in total. The van der Waals surface area contributed by atoms with Crippen molar-refractivity contribution in [1.82, 2.24) is 15.3 Å². The first-order chi connectivity index (χ1) is 6.34. The molecule has 4 heteroatoms. The second-order valence-corrected chi connectivity index (χ2v) is 3.66. The Balaban J connectivity index is 1.78. The molecular weight excluding hydrogens is 164 g/mol. The van der Waals surface area contributed by atoms with Crippen molar-refractivity contribution in [3.63, 3.8) is 0 Å². The molecule has 0 amide bonds. The van der Waals surface area contributed by atoms with E-state index in [9.17, 15) is 0 Å². The first-order valence-corrected chi connectivity index (χ1v) is 4.87. The van der Waals surface area contributed by atoms with E-state index in [-0.39, 0.29) is 0 Å². The van der Waals surface area contributed by atoms with Crippen LogP contribution in [-0.4, -0.2) is 16.0 Å². The van der Waals surface area contributed by atoms with Gasteiger partial charge in [-0.2, -0.15) is 0 Å². The van der Waals surface area contributed by atoms with Crippen molar-refractivity contribution >= 4 is 5.95 Å². The SMILES string of the molecule is Nc1ncc(CNC2CCCC2)[nH]1. The lowest BCUT2D eigenvalue weighted by Gasteiger charge is -2.09. The van der Waals surface area contributed by atoms with Gasteiger partial charge in [0, 0.05) is 12.6 Å². The molecule has 0 spiro atoms. The van der Waals surface area contributed by atoms with Crippen LogP contribution in [0.2, 0.25) is 0 Å². The van der Waals surface area contributed by atoms with Gasteiger partial charge < -0.3 is 16.0 Å². The Kier molecular flexibility index (Phi) is 2.49. The number of anilines is 1. The highest BCUT2D eigenvalue weighted by Crippen LogP contribution is 2.17. The molecule has 1 aromatic heterocycles. The Morgan fingerprint density at radius 1 is 1.54 bits per heavy atom. The van der Waals surface area contributed by atoms with Gasteiger partial charge in [0.05, 0.1) is 11.9 Å². The van der Waals surface area contributed by atoms with Gasteiger partial charge in [0.25, 0.3) is 0 Å². The maximum Gasteiger partial charge on any atom is 0.197 e. The number of aromatic amines is 1. The van der Waals surface area contributed by atoms with Crippen LogP contribution in [0.4, 0.5) is 5.95 Å². The topological polar surface area (TPSA) is 66.7 Å². The van der Waals surface area contributed by atoms with Gasteiger partial charge in [0.1, 0.15) is 0 Å². The fourth-order valence-corrected chi connectivity index (χ4v) is 1.85. The highest BCUT2D eigenvalue weighted by molar-refractivity contribution is 5.18. The van der Waals surface area contributed by atoms with E-state index >= 15 is 0 Å². The summed E-state index contributed by atoms with van der Waals surface area (Å²) in [5, 5.41) is 3.48. The molecule has 0 saturated heterocycles. The van der Waals surface area contributed by atoms with E-state index in [0.29, 0.717) is 12.0 Å². The van der Waals surface area contributed by atoms with Crippen LogP contribution in [0, 0.1) is 0 Å². The van der Waals surface area contributed by atoms with E-state index in [1.54, 1.807) is 6.20 Å². The third-order valence-electron chi connectivity index (χ3n) is 2.58. The second-order valence-electron chi connectivity index (χ2n) is 3.66. The van der Waals surface area contributed by atoms with Crippen molar-refractivity contribution in [3.05, 3.63) is 11.9 Å². The Morgan fingerprint density at radius 3 is 2.92 bits per heavy atom. The first-order valence-electron chi connectivity index (χ1n) is 4.87. The van der Waals surface area contributed by atoms with Gasteiger partial charge in [-0.05, 0) is 12.8 Å². The average molecular weight is 180 g/mol. The first kappa shape index (κ1) is 8.56. The predicted octanol–water partition coefficient (Wildman–Crippen LogP) is 1.02. The van der Waals surface area contributed by atoms with Crippen molar-refractivity contribution < 1.29 is 0 Å². The third-order valence-corrected chi connectivity index (χ3v) is 2.58. The van der Waals surface area contributed by atoms with Gasteiger partial charge in [-0.1, -0.05) is 12.8 Å². The number of aromatic nitrogens is 2. The summed E-state index contributed by atoms with van der Waals surface area (Å²) in [6.07, 6.45) is 7.14. The van der Waals surface area contributed by atoms with Crippen molar-refractivity contribution in [2.45, 2.75) is 38.3 Å². The van der Waals surface area contributed by atoms with Crippen LogP contribution in [0.3, 0.4) is 0 Å². The van der Waals surface area contributed by atoms with Crippen molar-refractivity contribution in [2.75, 3.05) is 5.73 Å². The standard InChI is InChI=1S/C9H16N4/c10-9-12-6-8(13-9)5-11-7-3-1-2-4-7/h6-7,11H,1-5H2,(H3,10,12,13). The van der Waals surface area contributed by atoms with Gasteiger partial charge >= 0.3 is 0 Å². The molecule has 0 aliphatic heterocycles. The van der Waals surface area contributed by atoms with Gasteiger partial charge in [0.15, 0.2) is 5.95 Å². The number of rotatable bonds is 3. The number of nitrogens with zero attached hydrogens (tertiary/aromatic N) is 1. The van der Waals surface area contributed by atoms with Crippen molar-refractivity contribution in [2.24, 2.45) is 0 Å². The fourth-order valence-electron chi connectivity index (χ4n) is 1.85. The van der Waals surface area contributed by atoms with E-state index in [1.165, 1.54) is 25.7 Å². The number of hydrogen-bond donors (Lipinski definition) is 3. The van der Waals surface area contributed by atoms with E-state index in [2.05, 4.69) is 15.3 Å². The summed E-state index contributed by atoms with van der Waals surface area (Å²) >= 11 is 0. The van der Waals surface area contributed by atoms with Gasteiger partial charge in [-0.3, -0.25) is 0 Å². The molecule has 0 atom stereocenters. The second kappa shape index (κ2) is 3.79. The highest BCUT2D eigenvalue weighted by atomic mass is 15.0. The molecular formula is C9H16N4. The third kappa shape index (κ3) is 2.21. The zero-order valence-electron chi connectivity index (χ0n) is 7.71. The molecule has 1 heterocycles. The number of hydrogen-bond acceptors (Lipinski definition) is 3. The van der Waals surface area contributed by atoms with E-state index in [4.69, 9.17) is 5.73 Å². The molecule has 1 saturated carbocycles. The van der Waals surface area contributed by atoms with E-state index in [0.717, 1.165) is 12.2 Å². The summed E-state index contributed by atoms with van der Waals surface area (Å²) < 4.78 is 0. The molecule has 1 fully saturated rings. The number of nitrogens with two attached hydrogens (primary N) is 1. The summed E-state index contributed by atoms with van der Waals surface area (Å²) in [6.45, 7) is 0.856. The lowest BCUT2D eigenvalue weighted by atomic mass is 10.2. The smallest absolute Gasteiger partial charge is 0.197 e. The van der Waals surface area contributed by atoms with Crippen molar-refractivity contribution in [3.8, 4) is 0 Å². The normalized spacial score (nSPS) is 18.2. The van der Waals surface area contributed by atoms with Crippen LogP contribution < -0.4 is 11.1 Å². The Hall–Kier alpha value is -1.03. The lowest BCUT2D eigenvalue weighted by molar-refractivity contribution is 0.520. The average Bonchev–Trinajstić information content (AvgIpc) is 2.71. The van der Waals surface area contributed by atoms with Crippen LogP contribution >= 0.6 is 0 Å². The highest BCUT2D eigenvalue weighted by Gasteiger charge is 2.13. The Labute approximate surface area is 77.9 Å². The Morgan fingerprint density at radius 2 is 2.31 bits per heavy atom. The van der Waals surface area contributed by atoms with Crippen LogP contribution in [-0.2, 0) is 6.54 Å². The van der Waals surface area contributed by atoms with Gasteiger partial charge in [-0.15, -0.1) is 0 Å². The van der Waals surface area contributed by atoms with Crippen molar-refractivity contribution in [1.29, 1.82) is 0 Å². The number of nitrogens with one attached hydrogen (secondary N) is 2. The molecule has 4 nitrogen and oxygen atoms in total. The molecule has 0 unspecified atom stereocenters. The fraction of sp³-hybridized carbons (Fsp3) is 0.667. The molecule has 72 valence electrons. The quantitative estimate of drug-likeness (QED) is 0.650. The van der Waals surface area contributed by atoms with Gasteiger partial charge in [0.2, 0.25) is 0 Å². The zero-order chi connectivity index (χ0) is 9.10.